The molecule has 0 saturated carbocycles. The molecular weight excluding hydrogens is 697 g/mol. The van der Waals surface area contributed by atoms with E-state index in [1.807, 2.05) is 0 Å². The molecule has 4 aromatic rings. The molecule has 266 valence electrons. The van der Waals surface area contributed by atoms with Crippen LogP contribution in [0.2, 0.25) is 87.1 Å². The molecular formula is C45H60OSi5. The molecule has 6 heteroatoms. The highest BCUT2D eigenvalue weighted by Crippen LogP contribution is 2.78. The number of rotatable bonds is 7. The van der Waals surface area contributed by atoms with E-state index in [1.54, 1.807) is 5.19 Å². The molecule has 1 spiro atoms. The van der Waals surface area contributed by atoms with Crippen LogP contribution in [0.25, 0.3) is 16.7 Å². The molecule has 2 heterocycles. The lowest BCUT2D eigenvalue weighted by Crippen LogP contribution is -2.82. The topological polar surface area (TPSA) is 9.23 Å². The molecule has 0 radical (unpaired) electrons. The summed E-state index contributed by atoms with van der Waals surface area (Å²) in [6.07, 6.45) is 2.68. The van der Waals surface area contributed by atoms with Crippen molar-refractivity contribution in [1.82, 2.24) is 0 Å². The van der Waals surface area contributed by atoms with Crippen molar-refractivity contribution in [3.63, 3.8) is 0 Å². The van der Waals surface area contributed by atoms with Crippen molar-refractivity contribution in [3.05, 3.63) is 143 Å². The second-order valence-corrected chi connectivity index (χ2v) is 48.0. The van der Waals surface area contributed by atoms with Gasteiger partial charge in [0.05, 0.1) is 0 Å². The van der Waals surface area contributed by atoms with Crippen molar-refractivity contribution in [3.8, 4) is 0 Å². The summed E-state index contributed by atoms with van der Waals surface area (Å²) in [5, 5.41) is 1.65. The Bertz CT molecular complexity index is 1930. The molecule has 2 aliphatic heterocycles. The van der Waals surface area contributed by atoms with Gasteiger partial charge in [-0.05, 0) is 41.6 Å². The van der Waals surface area contributed by atoms with Crippen molar-refractivity contribution >= 4 is 62.5 Å². The average molecular weight is 757 g/mol. The minimum absolute atomic E-state index is 0.0778. The third-order valence-electron chi connectivity index (χ3n) is 13.6. The van der Waals surface area contributed by atoms with Crippen molar-refractivity contribution in [2.24, 2.45) is 0 Å². The predicted octanol–water partition coefficient (Wildman–Crippen LogP) is 12.8. The molecule has 7 rings (SSSR count). The van der Waals surface area contributed by atoms with E-state index in [2.05, 4.69) is 194 Å². The van der Waals surface area contributed by atoms with Crippen LogP contribution in [-0.2, 0) is 4.43 Å². The number of fused-ring (bicyclic) bond motifs is 3. The molecule has 0 aromatic heterocycles. The van der Waals surface area contributed by atoms with Crippen LogP contribution in [0.3, 0.4) is 0 Å². The molecule has 1 atom stereocenters. The maximum absolute atomic E-state index is 8.89. The van der Waals surface area contributed by atoms with Crippen LogP contribution in [-0.4, -0.2) is 40.6 Å². The van der Waals surface area contributed by atoms with Gasteiger partial charge in [-0.2, -0.15) is 0 Å². The summed E-state index contributed by atoms with van der Waals surface area (Å²) >= 11 is 0. The van der Waals surface area contributed by atoms with E-state index in [9.17, 15) is 0 Å². The van der Waals surface area contributed by atoms with Crippen LogP contribution in [0.5, 0.6) is 0 Å². The highest BCUT2D eigenvalue weighted by molar-refractivity contribution is 7.29. The van der Waals surface area contributed by atoms with Gasteiger partial charge in [-0.15, -0.1) is 0 Å². The summed E-state index contributed by atoms with van der Waals surface area (Å²) < 4.78 is 9.40. The molecule has 4 aromatic carbocycles. The Balaban J connectivity index is 1.73. The minimum Gasteiger partial charge on any atom is -0.538 e. The van der Waals surface area contributed by atoms with Gasteiger partial charge < -0.3 is 4.43 Å². The second-order valence-electron chi connectivity index (χ2n) is 19.7. The summed E-state index contributed by atoms with van der Waals surface area (Å²) in [6, 6.07) is 43.8. The van der Waals surface area contributed by atoms with Gasteiger partial charge in [0.2, 0.25) is 0 Å². The first-order chi connectivity index (χ1) is 23.9. The monoisotopic (exact) mass is 756 g/mol. The number of benzene rings is 4. The fourth-order valence-electron chi connectivity index (χ4n) is 12.7. The zero-order valence-electron chi connectivity index (χ0n) is 33.4. The summed E-state index contributed by atoms with van der Waals surface area (Å²) in [5.74, 6) is 1.30. The van der Waals surface area contributed by atoms with Crippen LogP contribution in [0.4, 0.5) is 0 Å². The summed E-state index contributed by atoms with van der Waals surface area (Å²) in [5.41, 5.74) is 9.56. The van der Waals surface area contributed by atoms with Gasteiger partial charge in [-0.3, -0.25) is 0 Å². The number of allylic oxidation sites excluding steroid dienone is 3. The Labute approximate surface area is 314 Å². The van der Waals surface area contributed by atoms with Crippen LogP contribution in [0.15, 0.2) is 121 Å². The normalized spacial score (nSPS) is 21.1. The van der Waals surface area contributed by atoms with Crippen molar-refractivity contribution in [1.29, 1.82) is 0 Å². The fourth-order valence-corrected chi connectivity index (χ4v) is 61.9. The van der Waals surface area contributed by atoms with E-state index in [-0.39, 0.29) is 14.5 Å². The van der Waals surface area contributed by atoms with Gasteiger partial charge >= 0.3 is 0 Å². The maximum atomic E-state index is 8.89. The first-order valence-electron chi connectivity index (χ1n) is 19.3. The van der Waals surface area contributed by atoms with E-state index < -0.39 is 40.6 Å². The first-order valence-corrected chi connectivity index (χ1v) is 35.2. The van der Waals surface area contributed by atoms with E-state index in [4.69, 9.17) is 4.43 Å². The quantitative estimate of drug-likeness (QED) is 0.171. The standard InChI is InChI=1S/C45H60OSi5/c1-47(2,3)44(48(4,5)6)32-33-45(49(7,8)9,50(10,11)12)51(44)38-31-23-22-30-37(38)42-40(35-26-18-14-19-27-35)39(34-24-16-13-17-25-34)41(43(42)46-51)36-28-20-15-21-29-36/h13-31,40H,32-33H2,1-12H3/t40-/m1/s1. The molecule has 0 amide bonds. The maximum Gasteiger partial charge on any atom is 0.285 e. The highest BCUT2D eigenvalue weighted by atomic mass is 28.5. The Morgan fingerprint density at radius 3 is 1.37 bits per heavy atom. The molecule has 0 unspecified atom stereocenters. The van der Waals surface area contributed by atoms with Crippen LogP contribution in [0, 0.1) is 0 Å². The SMILES string of the molecule is C[Si](C)(C)C1([Si](C)(C)C)CCC([Si](C)(C)C)([Si](C)(C)C)[Si]12OC1=C(c3ccccc32)[C@H](c2ccccc2)C(c2ccccc2)=C1c1ccccc1. The predicted molar refractivity (Wildman–Crippen MR) is 237 cm³/mol. The molecule has 51 heavy (non-hydrogen) atoms. The Kier molecular flexibility index (Phi) is 8.71. The van der Waals surface area contributed by atoms with Gasteiger partial charge in [0, 0.05) is 49.4 Å². The fraction of sp³-hybridized carbons (Fsp3) is 0.378. The molecule has 0 N–H and O–H groups in total. The summed E-state index contributed by atoms with van der Waals surface area (Å²) in [6.45, 7) is 32.9. The molecule has 3 aliphatic rings. The van der Waals surface area contributed by atoms with Crippen LogP contribution >= 0.6 is 0 Å². The Morgan fingerprint density at radius 2 is 0.902 bits per heavy atom. The Morgan fingerprint density at radius 1 is 0.490 bits per heavy atom. The van der Waals surface area contributed by atoms with E-state index >= 15 is 0 Å². The average Bonchev–Trinajstić information content (AvgIpc) is 3.59. The third kappa shape index (κ3) is 4.92. The Hall–Kier alpha value is -2.76. The van der Waals surface area contributed by atoms with Crippen molar-refractivity contribution in [2.75, 3.05) is 0 Å². The third-order valence-corrected chi connectivity index (χ3v) is 51.7. The lowest BCUT2D eigenvalue weighted by molar-refractivity contribution is 0.425. The van der Waals surface area contributed by atoms with Crippen molar-refractivity contribution in [2.45, 2.75) is 106 Å². The molecule has 1 saturated heterocycles. The van der Waals surface area contributed by atoms with Gasteiger partial charge in [0.25, 0.3) is 8.32 Å². The lowest BCUT2D eigenvalue weighted by atomic mass is 9.81. The first kappa shape index (κ1) is 36.6. The molecule has 1 fully saturated rings. The molecule has 0 bridgehead atoms. The van der Waals surface area contributed by atoms with E-state index in [1.165, 1.54) is 57.6 Å². The van der Waals surface area contributed by atoms with Gasteiger partial charge in [-0.1, -0.05) is 207 Å². The summed E-state index contributed by atoms with van der Waals surface area (Å²) in [4.78, 5) is 0. The smallest absolute Gasteiger partial charge is 0.285 e. The van der Waals surface area contributed by atoms with Crippen LogP contribution in [0.1, 0.15) is 41.0 Å². The van der Waals surface area contributed by atoms with Crippen molar-refractivity contribution < 1.29 is 4.43 Å². The zero-order valence-corrected chi connectivity index (χ0v) is 38.4. The second kappa shape index (κ2) is 12.1. The number of hydrogen-bond acceptors (Lipinski definition) is 1. The van der Waals surface area contributed by atoms with E-state index in [0.29, 0.717) is 0 Å². The largest absolute Gasteiger partial charge is 0.538 e. The zero-order chi connectivity index (χ0) is 36.8. The van der Waals surface area contributed by atoms with E-state index in [0.717, 1.165) is 0 Å². The minimum atomic E-state index is -2.91. The van der Waals surface area contributed by atoms with Gasteiger partial charge in [0.1, 0.15) is 5.76 Å². The van der Waals surface area contributed by atoms with Gasteiger partial charge in [0.15, 0.2) is 0 Å². The molecule has 1 nitrogen and oxygen atoms in total. The summed E-state index contributed by atoms with van der Waals surface area (Å²) in [7, 11) is -10.5. The highest BCUT2D eigenvalue weighted by Gasteiger charge is 2.85. The molecule has 1 aliphatic carbocycles. The van der Waals surface area contributed by atoms with Gasteiger partial charge in [-0.25, -0.2) is 0 Å². The number of hydrogen-bond donors (Lipinski definition) is 0. The lowest BCUT2D eigenvalue weighted by Gasteiger charge is -2.67. The van der Waals surface area contributed by atoms with Crippen LogP contribution < -0.4 is 5.19 Å².